The summed E-state index contributed by atoms with van der Waals surface area (Å²) in [5.41, 5.74) is 2.19. The third-order valence-electron chi connectivity index (χ3n) is 5.43. The maximum absolute atomic E-state index is 13.8. The fourth-order valence-electron chi connectivity index (χ4n) is 3.72. The SMILES string of the molecule is CC(C)NC(=O)C(Cc1ccccc1)N(Cc1ccc(Cl)c(Cl)c1)C(=O)Cc1c(Cl)cccc1Cl. The molecule has 8 heteroatoms. The van der Waals surface area contributed by atoms with E-state index in [9.17, 15) is 9.59 Å². The fraction of sp³-hybridized carbons (Fsp3) is 0.259. The molecular formula is C27H26Cl4N2O2. The molecule has 0 fully saturated rings. The molecule has 4 nitrogen and oxygen atoms in total. The molecule has 0 aliphatic carbocycles. The van der Waals surface area contributed by atoms with Crippen molar-refractivity contribution >= 4 is 58.2 Å². The Bertz CT molecular complexity index is 1160. The Morgan fingerprint density at radius 2 is 1.46 bits per heavy atom. The highest BCUT2D eigenvalue weighted by Crippen LogP contribution is 2.28. The molecule has 35 heavy (non-hydrogen) atoms. The number of rotatable bonds is 9. The van der Waals surface area contributed by atoms with Crippen LogP contribution in [0.1, 0.15) is 30.5 Å². The number of carbonyl (C=O) groups is 2. The molecule has 0 spiro atoms. The largest absolute Gasteiger partial charge is 0.352 e. The lowest BCUT2D eigenvalue weighted by Crippen LogP contribution is -2.52. The summed E-state index contributed by atoms with van der Waals surface area (Å²) in [6, 6.07) is 19.0. The van der Waals surface area contributed by atoms with Crippen LogP contribution in [0, 0.1) is 0 Å². The predicted octanol–water partition coefficient (Wildman–Crippen LogP) is 7.01. The molecule has 2 amide bonds. The first-order valence-corrected chi connectivity index (χ1v) is 12.7. The van der Waals surface area contributed by atoms with Gasteiger partial charge >= 0.3 is 0 Å². The second kappa shape index (κ2) is 12.6. The van der Waals surface area contributed by atoms with Crippen LogP contribution in [-0.2, 0) is 29.0 Å². The quantitative estimate of drug-likeness (QED) is 0.311. The van der Waals surface area contributed by atoms with E-state index in [0.717, 1.165) is 11.1 Å². The minimum absolute atomic E-state index is 0.0555. The Morgan fingerprint density at radius 3 is 2.06 bits per heavy atom. The first kappa shape index (κ1) is 27.3. The lowest BCUT2D eigenvalue weighted by atomic mass is 10.0. The van der Waals surface area contributed by atoms with Gasteiger partial charge in [-0.15, -0.1) is 0 Å². The zero-order valence-corrected chi connectivity index (χ0v) is 22.4. The van der Waals surface area contributed by atoms with Crippen molar-refractivity contribution in [3.63, 3.8) is 0 Å². The van der Waals surface area contributed by atoms with E-state index in [-0.39, 0.29) is 30.8 Å². The van der Waals surface area contributed by atoms with Crippen LogP contribution in [0.2, 0.25) is 20.1 Å². The van der Waals surface area contributed by atoms with Crippen LogP contribution >= 0.6 is 46.4 Å². The van der Waals surface area contributed by atoms with Gasteiger partial charge in [0.05, 0.1) is 16.5 Å². The van der Waals surface area contributed by atoms with Crippen molar-refractivity contribution in [2.75, 3.05) is 0 Å². The number of amides is 2. The van der Waals surface area contributed by atoms with Crippen LogP contribution in [0.4, 0.5) is 0 Å². The third-order valence-corrected chi connectivity index (χ3v) is 6.88. The molecule has 0 saturated heterocycles. The van der Waals surface area contributed by atoms with Crippen LogP contribution in [0.5, 0.6) is 0 Å². The molecule has 1 N–H and O–H groups in total. The molecule has 3 aromatic rings. The first-order valence-electron chi connectivity index (χ1n) is 11.2. The van der Waals surface area contributed by atoms with Crippen molar-refractivity contribution in [1.82, 2.24) is 10.2 Å². The summed E-state index contributed by atoms with van der Waals surface area (Å²) >= 11 is 25.0. The average Bonchev–Trinajstić information content (AvgIpc) is 2.81. The van der Waals surface area contributed by atoms with Gasteiger partial charge in [-0.3, -0.25) is 9.59 Å². The van der Waals surface area contributed by atoms with Gasteiger partial charge in [0.2, 0.25) is 11.8 Å². The van der Waals surface area contributed by atoms with Crippen molar-refractivity contribution in [3.05, 3.63) is 104 Å². The van der Waals surface area contributed by atoms with E-state index in [0.29, 0.717) is 32.1 Å². The zero-order chi connectivity index (χ0) is 25.5. The second-order valence-electron chi connectivity index (χ2n) is 8.52. The highest BCUT2D eigenvalue weighted by molar-refractivity contribution is 6.42. The topological polar surface area (TPSA) is 49.4 Å². The highest BCUT2D eigenvalue weighted by Gasteiger charge is 2.31. The molecule has 0 bridgehead atoms. The number of halogens is 4. The molecule has 0 radical (unpaired) electrons. The third kappa shape index (κ3) is 7.62. The summed E-state index contributed by atoms with van der Waals surface area (Å²) in [6.07, 6.45) is 0.281. The number of hydrogen-bond acceptors (Lipinski definition) is 2. The van der Waals surface area contributed by atoms with Crippen molar-refractivity contribution in [2.24, 2.45) is 0 Å². The van der Waals surface area contributed by atoms with Crippen LogP contribution in [0.25, 0.3) is 0 Å². The number of benzene rings is 3. The van der Waals surface area contributed by atoms with Gasteiger partial charge in [0.15, 0.2) is 0 Å². The Kier molecular flexibility index (Phi) is 9.88. The Hall–Kier alpha value is -2.24. The molecule has 1 unspecified atom stereocenters. The van der Waals surface area contributed by atoms with Gasteiger partial charge < -0.3 is 10.2 Å². The lowest BCUT2D eigenvalue weighted by Gasteiger charge is -2.32. The van der Waals surface area contributed by atoms with E-state index in [4.69, 9.17) is 46.4 Å². The number of nitrogens with zero attached hydrogens (tertiary/aromatic N) is 1. The van der Waals surface area contributed by atoms with Crippen molar-refractivity contribution in [1.29, 1.82) is 0 Å². The van der Waals surface area contributed by atoms with Gasteiger partial charge in [0.1, 0.15) is 6.04 Å². The normalized spacial score (nSPS) is 11.9. The van der Waals surface area contributed by atoms with Gasteiger partial charge in [-0.05, 0) is 54.8 Å². The number of carbonyl (C=O) groups excluding carboxylic acids is 2. The van der Waals surface area contributed by atoms with Crippen LogP contribution in [0.3, 0.4) is 0 Å². The summed E-state index contributed by atoms with van der Waals surface area (Å²) in [4.78, 5) is 28.7. The number of nitrogens with one attached hydrogen (secondary N) is 1. The molecule has 0 aromatic heterocycles. The smallest absolute Gasteiger partial charge is 0.243 e. The van der Waals surface area contributed by atoms with E-state index < -0.39 is 6.04 Å². The lowest BCUT2D eigenvalue weighted by molar-refractivity contribution is -0.141. The summed E-state index contributed by atoms with van der Waals surface area (Å²) in [7, 11) is 0. The summed E-state index contributed by atoms with van der Waals surface area (Å²) in [5.74, 6) is -0.534. The van der Waals surface area contributed by atoms with E-state index in [1.807, 2.05) is 44.2 Å². The minimum atomic E-state index is -0.775. The van der Waals surface area contributed by atoms with E-state index in [1.54, 1.807) is 41.3 Å². The molecule has 0 heterocycles. The molecule has 0 saturated carbocycles. The average molecular weight is 552 g/mol. The first-order chi connectivity index (χ1) is 16.7. The van der Waals surface area contributed by atoms with Crippen LogP contribution in [0.15, 0.2) is 66.7 Å². The van der Waals surface area contributed by atoms with E-state index in [1.165, 1.54) is 0 Å². The van der Waals surface area contributed by atoms with Crippen molar-refractivity contribution in [2.45, 2.75) is 45.3 Å². The van der Waals surface area contributed by atoms with Gasteiger partial charge in [-0.1, -0.05) is 88.9 Å². The molecule has 3 aromatic carbocycles. The molecule has 3 rings (SSSR count). The Morgan fingerprint density at radius 1 is 0.800 bits per heavy atom. The molecule has 0 aliphatic rings. The van der Waals surface area contributed by atoms with Crippen molar-refractivity contribution in [3.8, 4) is 0 Å². The highest BCUT2D eigenvalue weighted by atomic mass is 35.5. The predicted molar refractivity (Wildman–Crippen MR) is 144 cm³/mol. The summed E-state index contributed by atoms with van der Waals surface area (Å²) in [5, 5.41) is 4.53. The fourth-order valence-corrected chi connectivity index (χ4v) is 4.58. The maximum Gasteiger partial charge on any atom is 0.243 e. The zero-order valence-electron chi connectivity index (χ0n) is 19.4. The van der Waals surface area contributed by atoms with Gasteiger partial charge in [0, 0.05) is 29.1 Å². The maximum atomic E-state index is 13.8. The molecular weight excluding hydrogens is 526 g/mol. The monoisotopic (exact) mass is 550 g/mol. The summed E-state index contributed by atoms with van der Waals surface area (Å²) in [6.45, 7) is 3.92. The Labute approximate surface area is 226 Å². The van der Waals surface area contributed by atoms with Crippen molar-refractivity contribution < 1.29 is 9.59 Å². The molecule has 184 valence electrons. The van der Waals surface area contributed by atoms with E-state index in [2.05, 4.69) is 5.32 Å². The molecule has 0 aliphatic heterocycles. The van der Waals surface area contributed by atoms with Gasteiger partial charge in [-0.25, -0.2) is 0 Å². The van der Waals surface area contributed by atoms with Gasteiger partial charge in [0.25, 0.3) is 0 Å². The van der Waals surface area contributed by atoms with Crippen LogP contribution < -0.4 is 5.32 Å². The second-order valence-corrected chi connectivity index (χ2v) is 10.1. The Balaban J connectivity index is 2.03. The summed E-state index contributed by atoms with van der Waals surface area (Å²) < 4.78 is 0. The van der Waals surface area contributed by atoms with E-state index >= 15 is 0 Å². The standard InChI is InChI=1S/C27H26Cl4N2O2/c1-17(2)32-27(35)25(14-18-7-4-3-5-8-18)33(16-19-11-12-23(30)24(31)13-19)26(34)15-20-21(28)9-6-10-22(20)29/h3-13,17,25H,14-16H2,1-2H3,(H,32,35). The van der Waals surface area contributed by atoms with Crippen LogP contribution in [-0.4, -0.2) is 28.8 Å². The minimum Gasteiger partial charge on any atom is -0.352 e. The number of hydrogen-bond donors (Lipinski definition) is 1. The molecule has 1 atom stereocenters. The van der Waals surface area contributed by atoms with Gasteiger partial charge in [-0.2, -0.15) is 0 Å².